The molecule has 0 amide bonds. The van der Waals surface area contributed by atoms with Gasteiger partial charge in [-0.2, -0.15) is 10.2 Å². The third kappa shape index (κ3) is 2.13. The maximum atomic E-state index is 7.64. The number of aromatic nitrogens is 4. The van der Waals surface area contributed by atoms with Gasteiger partial charge in [-0.25, -0.2) is 0 Å². The average molecular weight is 264 g/mol. The van der Waals surface area contributed by atoms with Crippen molar-refractivity contribution in [2.45, 2.75) is 23.9 Å². The zero-order valence-corrected chi connectivity index (χ0v) is 11.7. The van der Waals surface area contributed by atoms with Crippen molar-refractivity contribution in [3.8, 4) is 0 Å². The lowest BCUT2D eigenvalue weighted by Gasteiger charge is -2.05. The highest BCUT2D eigenvalue weighted by Crippen LogP contribution is 2.31. The Morgan fingerprint density at radius 2 is 1.94 bits per heavy atom. The van der Waals surface area contributed by atoms with Gasteiger partial charge < -0.3 is 5.73 Å². The molecule has 0 spiro atoms. The quantitative estimate of drug-likeness (QED) is 0.644. The number of nitrogens with zero attached hydrogens (tertiary/aromatic N) is 4. The van der Waals surface area contributed by atoms with Crippen LogP contribution in [0.4, 0.5) is 0 Å². The number of rotatable bonds is 3. The maximum absolute atomic E-state index is 7.64. The summed E-state index contributed by atoms with van der Waals surface area (Å²) in [7, 11) is 3.75. The predicted molar refractivity (Wildman–Crippen MR) is 71.0 cm³/mol. The van der Waals surface area contributed by atoms with Gasteiger partial charge >= 0.3 is 0 Å². The van der Waals surface area contributed by atoms with Crippen molar-refractivity contribution in [2.75, 3.05) is 0 Å². The smallest absolute Gasteiger partial charge is 0.127 e. The van der Waals surface area contributed by atoms with Crippen molar-refractivity contribution < 1.29 is 0 Å². The normalized spacial score (nSPS) is 10.9. The molecule has 3 N–H and O–H groups in total. The molecule has 0 bridgehead atoms. The summed E-state index contributed by atoms with van der Waals surface area (Å²) in [4.78, 5) is 0. The Hall–Kier alpha value is -1.76. The molecule has 0 aliphatic heterocycles. The fourth-order valence-electron chi connectivity index (χ4n) is 1.85. The molecular formula is C11H16N6S. The molecule has 0 unspecified atom stereocenters. The standard InChI is InChI=1S/C11H16N6S/c1-6-5-8(16(3)14-6)18-11-9(10(12)13)7(2)15-17(11)4/h5H,1-4H3,(H3,12,13). The number of nitrogen functional groups attached to an aromatic ring is 1. The first kappa shape index (κ1) is 12.7. The molecule has 0 saturated carbocycles. The van der Waals surface area contributed by atoms with Gasteiger partial charge in [0.15, 0.2) is 0 Å². The Bertz CT molecular complexity index is 609. The molecule has 0 radical (unpaired) electrons. The molecular weight excluding hydrogens is 248 g/mol. The number of hydrogen-bond acceptors (Lipinski definition) is 4. The van der Waals surface area contributed by atoms with E-state index >= 15 is 0 Å². The lowest BCUT2D eigenvalue weighted by molar-refractivity contribution is 0.676. The number of aryl methyl sites for hydroxylation is 4. The molecule has 7 heteroatoms. The van der Waals surface area contributed by atoms with Crippen molar-refractivity contribution in [1.82, 2.24) is 19.6 Å². The first-order valence-corrected chi connectivity index (χ1v) is 6.28. The molecule has 0 aromatic carbocycles. The third-order valence-corrected chi connectivity index (χ3v) is 3.85. The van der Waals surface area contributed by atoms with Gasteiger partial charge in [0.05, 0.1) is 17.0 Å². The molecule has 2 heterocycles. The van der Waals surface area contributed by atoms with E-state index < -0.39 is 0 Å². The summed E-state index contributed by atoms with van der Waals surface area (Å²) in [5.74, 6) is 0.0435. The molecule has 0 aliphatic rings. The van der Waals surface area contributed by atoms with Crippen LogP contribution in [-0.4, -0.2) is 25.4 Å². The number of nitrogens with one attached hydrogen (secondary N) is 1. The van der Waals surface area contributed by atoms with Crippen LogP contribution in [0.3, 0.4) is 0 Å². The minimum absolute atomic E-state index is 0.0435. The van der Waals surface area contributed by atoms with E-state index in [0.717, 1.165) is 21.4 Å². The number of amidine groups is 1. The second-order valence-electron chi connectivity index (χ2n) is 4.15. The van der Waals surface area contributed by atoms with E-state index in [1.54, 1.807) is 4.68 Å². The van der Waals surface area contributed by atoms with Crippen LogP contribution in [0.5, 0.6) is 0 Å². The van der Waals surface area contributed by atoms with Gasteiger partial charge in [0.25, 0.3) is 0 Å². The molecule has 2 aromatic rings. The molecule has 0 atom stereocenters. The Morgan fingerprint density at radius 3 is 2.44 bits per heavy atom. The van der Waals surface area contributed by atoms with E-state index in [9.17, 15) is 0 Å². The molecule has 0 aliphatic carbocycles. The molecule has 0 fully saturated rings. The summed E-state index contributed by atoms with van der Waals surface area (Å²) in [6.07, 6.45) is 0. The van der Waals surface area contributed by atoms with Gasteiger partial charge in [0.2, 0.25) is 0 Å². The zero-order chi connectivity index (χ0) is 13.4. The van der Waals surface area contributed by atoms with E-state index in [1.165, 1.54) is 11.8 Å². The van der Waals surface area contributed by atoms with Crippen LogP contribution >= 0.6 is 11.8 Å². The van der Waals surface area contributed by atoms with Crippen molar-refractivity contribution in [1.29, 1.82) is 5.41 Å². The van der Waals surface area contributed by atoms with Crippen molar-refractivity contribution in [2.24, 2.45) is 19.8 Å². The topological polar surface area (TPSA) is 85.5 Å². The minimum atomic E-state index is 0.0435. The molecule has 18 heavy (non-hydrogen) atoms. The second-order valence-corrected chi connectivity index (χ2v) is 5.16. The van der Waals surface area contributed by atoms with Crippen molar-refractivity contribution >= 4 is 17.6 Å². The Labute approximate surface area is 110 Å². The number of hydrogen-bond donors (Lipinski definition) is 2. The van der Waals surface area contributed by atoms with Crippen LogP contribution in [0.2, 0.25) is 0 Å². The van der Waals surface area contributed by atoms with E-state index in [-0.39, 0.29) is 5.84 Å². The van der Waals surface area contributed by atoms with Gasteiger partial charge in [0, 0.05) is 14.1 Å². The van der Waals surface area contributed by atoms with Crippen LogP contribution in [-0.2, 0) is 14.1 Å². The fourth-order valence-corrected chi connectivity index (χ4v) is 2.98. The van der Waals surface area contributed by atoms with Crippen LogP contribution in [0.15, 0.2) is 16.1 Å². The first-order chi connectivity index (χ1) is 8.40. The predicted octanol–water partition coefficient (Wildman–Crippen LogP) is 1.21. The van der Waals surface area contributed by atoms with E-state index in [4.69, 9.17) is 11.1 Å². The third-order valence-electron chi connectivity index (χ3n) is 2.60. The fraction of sp³-hybridized carbons (Fsp3) is 0.364. The molecule has 0 saturated heterocycles. The summed E-state index contributed by atoms with van der Waals surface area (Å²) < 4.78 is 3.56. The summed E-state index contributed by atoms with van der Waals surface area (Å²) in [5, 5.41) is 18.1. The van der Waals surface area contributed by atoms with E-state index in [1.807, 2.05) is 38.7 Å². The highest BCUT2D eigenvalue weighted by Gasteiger charge is 2.18. The molecule has 6 nitrogen and oxygen atoms in total. The monoisotopic (exact) mass is 264 g/mol. The Morgan fingerprint density at radius 1 is 1.28 bits per heavy atom. The molecule has 96 valence electrons. The minimum Gasteiger partial charge on any atom is -0.384 e. The van der Waals surface area contributed by atoms with Gasteiger partial charge in [-0.1, -0.05) is 11.8 Å². The van der Waals surface area contributed by atoms with Gasteiger partial charge in [-0.05, 0) is 19.9 Å². The van der Waals surface area contributed by atoms with Crippen molar-refractivity contribution in [3.05, 3.63) is 23.0 Å². The van der Waals surface area contributed by atoms with Gasteiger partial charge in [-0.3, -0.25) is 14.8 Å². The second kappa shape index (κ2) is 4.49. The SMILES string of the molecule is Cc1cc(Sc2c(C(=N)N)c(C)nn2C)n(C)n1. The highest BCUT2D eigenvalue weighted by atomic mass is 32.2. The molecule has 2 aromatic heterocycles. The summed E-state index contributed by atoms with van der Waals surface area (Å²) in [6.45, 7) is 3.81. The number of nitrogens with two attached hydrogens (primary N) is 1. The largest absolute Gasteiger partial charge is 0.384 e. The van der Waals surface area contributed by atoms with Crippen LogP contribution in [0, 0.1) is 19.3 Å². The van der Waals surface area contributed by atoms with Gasteiger partial charge in [0.1, 0.15) is 15.9 Å². The Balaban J connectivity index is 2.46. The summed E-state index contributed by atoms with van der Waals surface area (Å²) >= 11 is 1.52. The van der Waals surface area contributed by atoms with Crippen LogP contribution < -0.4 is 5.73 Å². The zero-order valence-electron chi connectivity index (χ0n) is 10.9. The summed E-state index contributed by atoms with van der Waals surface area (Å²) in [6, 6.07) is 2.00. The Kier molecular flexibility index (Phi) is 3.16. The van der Waals surface area contributed by atoms with E-state index in [0.29, 0.717) is 5.56 Å². The lowest BCUT2D eigenvalue weighted by Crippen LogP contribution is -2.13. The van der Waals surface area contributed by atoms with Crippen LogP contribution in [0.25, 0.3) is 0 Å². The van der Waals surface area contributed by atoms with E-state index in [2.05, 4.69) is 10.2 Å². The van der Waals surface area contributed by atoms with Gasteiger partial charge in [-0.15, -0.1) is 0 Å². The average Bonchev–Trinajstić information content (AvgIpc) is 2.68. The van der Waals surface area contributed by atoms with Crippen molar-refractivity contribution in [3.63, 3.8) is 0 Å². The highest BCUT2D eigenvalue weighted by molar-refractivity contribution is 7.99. The first-order valence-electron chi connectivity index (χ1n) is 5.46. The molecule has 2 rings (SSSR count). The summed E-state index contributed by atoms with van der Waals surface area (Å²) in [5.41, 5.74) is 8.05. The van der Waals surface area contributed by atoms with Crippen LogP contribution in [0.1, 0.15) is 17.0 Å². The lowest BCUT2D eigenvalue weighted by atomic mass is 10.2. The maximum Gasteiger partial charge on any atom is 0.127 e.